The van der Waals surface area contributed by atoms with Crippen LogP contribution in [0.5, 0.6) is 0 Å². The highest BCUT2D eigenvalue weighted by molar-refractivity contribution is 5.96. The highest BCUT2D eigenvalue weighted by atomic mass is 16.1. The molecule has 0 radical (unpaired) electrons. The van der Waals surface area contributed by atoms with Gasteiger partial charge in [0.1, 0.15) is 0 Å². The van der Waals surface area contributed by atoms with Crippen molar-refractivity contribution in [3.05, 3.63) is 35.4 Å². The van der Waals surface area contributed by atoms with E-state index >= 15 is 0 Å². The standard InChI is InChI=1S/C14H21NO/c1-4-10-15(3)11-9-14(16)13-7-5-12(2)6-8-13/h5-8H,4,9-11H2,1-3H3. The van der Waals surface area contributed by atoms with Crippen LogP contribution in [0, 0.1) is 6.92 Å². The Morgan fingerprint density at radius 1 is 1.19 bits per heavy atom. The van der Waals surface area contributed by atoms with Crippen LogP contribution in [0.25, 0.3) is 0 Å². The Labute approximate surface area is 98.3 Å². The van der Waals surface area contributed by atoms with E-state index in [9.17, 15) is 4.79 Å². The van der Waals surface area contributed by atoms with Crippen molar-refractivity contribution < 1.29 is 4.79 Å². The first kappa shape index (κ1) is 12.9. The van der Waals surface area contributed by atoms with Gasteiger partial charge >= 0.3 is 0 Å². The second-order valence-electron chi connectivity index (χ2n) is 4.34. The van der Waals surface area contributed by atoms with Gasteiger partial charge in [0.15, 0.2) is 5.78 Å². The van der Waals surface area contributed by atoms with Gasteiger partial charge in [0.25, 0.3) is 0 Å². The molecule has 0 aliphatic rings. The van der Waals surface area contributed by atoms with E-state index in [4.69, 9.17) is 0 Å². The Balaban J connectivity index is 2.43. The molecule has 0 atom stereocenters. The van der Waals surface area contributed by atoms with E-state index in [1.165, 1.54) is 5.56 Å². The number of Topliss-reactive ketones (excluding diaryl/α,β-unsaturated/α-hetero) is 1. The second kappa shape index (κ2) is 6.44. The molecular formula is C14H21NO. The molecule has 0 amide bonds. The smallest absolute Gasteiger partial charge is 0.164 e. The van der Waals surface area contributed by atoms with Gasteiger partial charge in [-0.3, -0.25) is 4.79 Å². The molecule has 2 nitrogen and oxygen atoms in total. The molecule has 0 aliphatic carbocycles. The Bertz CT molecular complexity index is 329. The number of aryl methyl sites for hydroxylation is 1. The largest absolute Gasteiger partial charge is 0.306 e. The van der Waals surface area contributed by atoms with Crippen molar-refractivity contribution in [2.75, 3.05) is 20.1 Å². The third-order valence-electron chi connectivity index (χ3n) is 2.70. The lowest BCUT2D eigenvalue weighted by atomic mass is 10.1. The minimum Gasteiger partial charge on any atom is -0.306 e. The van der Waals surface area contributed by atoms with Crippen LogP contribution >= 0.6 is 0 Å². The average Bonchev–Trinajstić information content (AvgIpc) is 2.27. The number of nitrogens with zero attached hydrogens (tertiary/aromatic N) is 1. The van der Waals surface area contributed by atoms with Crippen LogP contribution in [0.2, 0.25) is 0 Å². The minimum absolute atomic E-state index is 0.239. The van der Waals surface area contributed by atoms with Crippen molar-refractivity contribution in [3.63, 3.8) is 0 Å². The molecule has 0 bridgehead atoms. The Morgan fingerprint density at radius 2 is 1.81 bits per heavy atom. The molecule has 0 unspecified atom stereocenters. The number of rotatable bonds is 6. The van der Waals surface area contributed by atoms with Crippen LogP contribution in [0.4, 0.5) is 0 Å². The SMILES string of the molecule is CCCN(C)CCC(=O)c1ccc(C)cc1. The Kier molecular flexibility index (Phi) is 5.20. The molecular weight excluding hydrogens is 198 g/mol. The summed E-state index contributed by atoms with van der Waals surface area (Å²) < 4.78 is 0. The summed E-state index contributed by atoms with van der Waals surface area (Å²) in [6, 6.07) is 7.81. The summed E-state index contributed by atoms with van der Waals surface area (Å²) in [5.41, 5.74) is 2.02. The molecule has 0 spiro atoms. The zero-order chi connectivity index (χ0) is 12.0. The maximum Gasteiger partial charge on any atom is 0.164 e. The lowest BCUT2D eigenvalue weighted by Crippen LogP contribution is -2.22. The number of ketones is 1. The first-order valence-corrected chi connectivity index (χ1v) is 5.92. The summed E-state index contributed by atoms with van der Waals surface area (Å²) >= 11 is 0. The third-order valence-corrected chi connectivity index (χ3v) is 2.70. The average molecular weight is 219 g/mol. The Hall–Kier alpha value is -1.15. The number of benzene rings is 1. The van der Waals surface area contributed by atoms with Gasteiger partial charge in [-0.15, -0.1) is 0 Å². The van der Waals surface area contributed by atoms with Crippen molar-refractivity contribution in [1.29, 1.82) is 0 Å². The molecule has 1 aromatic carbocycles. The fourth-order valence-electron chi connectivity index (χ4n) is 1.67. The van der Waals surface area contributed by atoms with E-state index in [0.29, 0.717) is 6.42 Å². The monoisotopic (exact) mass is 219 g/mol. The second-order valence-corrected chi connectivity index (χ2v) is 4.34. The van der Waals surface area contributed by atoms with Crippen molar-refractivity contribution in [2.45, 2.75) is 26.7 Å². The minimum atomic E-state index is 0.239. The molecule has 0 N–H and O–H groups in total. The predicted octanol–water partition coefficient (Wildman–Crippen LogP) is 2.91. The lowest BCUT2D eigenvalue weighted by Gasteiger charge is -2.14. The molecule has 0 saturated carbocycles. The number of hydrogen-bond acceptors (Lipinski definition) is 2. The molecule has 0 aromatic heterocycles. The topological polar surface area (TPSA) is 20.3 Å². The van der Waals surface area contributed by atoms with Gasteiger partial charge in [-0.25, -0.2) is 0 Å². The zero-order valence-corrected chi connectivity index (χ0v) is 10.5. The fourth-order valence-corrected chi connectivity index (χ4v) is 1.67. The van der Waals surface area contributed by atoms with Gasteiger partial charge in [-0.2, -0.15) is 0 Å². The van der Waals surface area contributed by atoms with Crippen LogP contribution in [0.1, 0.15) is 35.7 Å². The predicted molar refractivity (Wildman–Crippen MR) is 67.9 cm³/mol. The van der Waals surface area contributed by atoms with Gasteiger partial charge in [-0.05, 0) is 26.9 Å². The van der Waals surface area contributed by atoms with E-state index in [0.717, 1.165) is 25.1 Å². The molecule has 1 aromatic rings. The first-order chi connectivity index (χ1) is 7.63. The van der Waals surface area contributed by atoms with Crippen molar-refractivity contribution in [3.8, 4) is 0 Å². The number of carbonyl (C=O) groups is 1. The van der Waals surface area contributed by atoms with Crippen LogP contribution in [-0.4, -0.2) is 30.8 Å². The molecule has 88 valence electrons. The highest BCUT2D eigenvalue weighted by Gasteiger charge is 2.06. The molecule has 0 aliphatic heterocycles. The van der Waals surface area contributed by atoms with Gasteiger partial charge in [0.05, 0.1) is 0 Å². The van der Waals surface area contributed by atoms with Gasteiger partial charge in [0, 0.05) is 18.5 Å². The number of carbonyl (C=O) groups excluding carboxylic acids is 1. The van der Waals surface area contributed by atoms with Gasteiger partial charge in [-0.1, -0.05) is 36.8 Å². The van der Waals surface area contributed by atoms with Gasteiger partial charge < -0.3 is 4.90 Å². The summed E-state index contributed by atoms with van der Waals surface area (Å²) in [5, 5.41) is 0. The lowest BCUT2D eigenvalue weighted by molar-refractivity contribution is 0.0969. The van der Waals surface area contributed by atoms with E-state index in [-0.39, 0.29) is 5.78 Å². The van der Waals surface area contributed by atoms with Crippen molar-refractivity contribution >= 4 is 5.78 Å². The molecule has 0 fully saturated rings. The summed E-state index contributed by atoms with van der Waals surface area (Å²) in [4.78, 5) is 14.0. The molecule has 0 heterocycles. The van der Waals surface area contributed by atoms with E-state index < -0.39 is 0 Å². The summed E-state index contributed by atoms with van der Waals surface area (Å²) in [6.45, 7) is 6.09. The molecule has 1 rings (SSSR count). The van der Waals surface area contributed by atoms with Crippen LogP contribution in [0.15, 0.2) is 24.3 Å². The quantitative estimate of drug-likeness (QED) is 0.686. The molecule has 0 saturated heterocycles. The fraction of sp³-hybridized carbons (Fsp3) is 0.500. The summed E-state index contributed by atoms with van der Waals surface area (Å²) in [7, 11) is 2.06. The van der Waals surface area contributed by atoms with Crippen LogP contribution in [0.3, 0.4) is 0 Å². The normalized spacial score (nSPS) is 10.8. The maximum absolute atomic E-state index is 11.8. The van der Waals surface area contributed by atoms with E-state index in [1.54, 1.807) is 0 Å². The van der Waals surface area contributed by atoms with E-state index in [1.807, 2.05) is 31.2 Å². The summed E-state index contributed by atoms with van der Waals surface area (Å²) in [5.74, 6) is 0.239. The molecule has 16 heavy (non-hydrogen) atoms. The first-order valence-electron chi connectivity index (χ1n) is 5.92. The van der Waals surface area contributed by atoms with E-state index in [2.05, 4.69) is 18.9 Å². The van der Waals surface area contributed by atoms with Crippen LogP contribution < -0.4 is 0 Å². The Morgan fingerprint density at radius 3 is 2.38 bits per heavy atom. The highest BCUT2D eigenvalue weighted by Crippen LogP contribution is 2.06. The number of hydrogen-bond donors (Lipinski definition) is 0. The maximum atomic E-state index is 11.8. The third kappa shape index (κ3) is 4.15. The van der Waals surface area contributed by atoms with Crippen LogP contribution in [-0.2, 0) is 0 Å². The molecule has 2 heteroatoms. The zero-order valence-electron chi connectivity index (χ0n) is 10.5. The summed E-state index contributed by atoms with van der Waals surface area (Å²) in [6.07, 6.45) is 1.74. The van der Waals surface area contributed by atoms with Gasteiger partial charge in [0.2, 0.25) is 0 Å². The van der Waals surface area contributed by atoms with Crippen molar-refractivity contribution in [1.82, 2.24) is 4.90 Å². The van der Waals surface area contributed by atoms with Crippen molar-refractivity contribution in [2.24, 2.45) is 0 Å².